The van der Waals surface area contributed by atoms with Gasteiger partial charge >= 0.3 is 0 Å². The van der Waals surface area contributed by atoms with Gasteiger partial charge < -0.3 is 10.6 Å². The fourth-order valence-electron chi connectivity index (χ4n) is 2.65. The van der Waals surface area contributed by atoms with Gasteiger partial charge in [-0.15, -0.1) is 0 Å². The number of amidine groups is 1. The third-order valence-electron chi connectivity index (χ3n) is 3.78. The number of nitro groups is 1. The molecular formula is C17H11N5O3. The quantitative estimate of drug-likeness (QED) is 0.565. The molecular weight excluding hydrogens is 322 g/mol. The van der Waals surface area contributed by atoms with E-state index in [9.17, 15) is 14.9 Å². The predicted octanol–water partition coefficient (Wildman–Crippen LogP) is 3.24. The zero-order valence-corrected chi connectivity index (χ0v) is 12.8. The monoisotopic (exact) mass is 333 g/mol. The Hall–Kier alpha value is -3.81. The van der Waals surface area contributed by atoms with Gasteiger partial charge in [0.2, 0.25) is 0 Å². The number of rotatable bonds is 3. The predicted molar refractivity (Wildman–Crippen MR) is 94.2 cm³/mol. The SMILES string of the molecule is O=C(Nc1ccc([N+](=O)[O-])cn1)C1=Nc2cccc3cccc(c23)N1. The Morgan fingerprint density at radius 1 is 1.12 bits per heavy atom. The molecule has 0 radical (unpaired) electrons. The van der Waals surface area contributed by atoms with Crippen molar-refractivity contribution in [3.05, 3.63) is 64.8 Å². The van der Waals surface area contributed by atoms with Crippen molar-refractivity contribution in [2.75, 3.05) is 10.6 Å². The van der Waals surface area contributed by atoms with Gasteiger partial charge in [0.1, 0.15) is 12.0 Å². The van der Waals surface area contributed by atoms with E-state index in [1.807, 2.05) is 36.4 Å². The van der Waals surface area contributed by atoms with E-state index in [0.717, 1.165) is 22.7 Å². The molecule has 0 spiro atoms. The van der Waals surface area contributed by atoms with Gasteiger partial charge in [-0.2, -0.15) is 0 Å². The number of carbonyl (C=O) groups excluding carboxylic acids is 1. The van der Waals surface area contributed by atoms with Crippen LogP contribution < -0.4 is 10.6 Å². The number of aromatic nitrogens is 1. The van der Waals surface area contributed by atoms with Crippen molar-refractivity contribution in [1.82, 2.24) is 4.98 Å². The number of pyridine rings is 1. The van der Waals surface area contributed by atoms with E-state index >= 15 is 0 Å². The minimum absolute atomic E-state index is 0.131. The van der Waals surface area contributed by atoms with Crippen molar-refractivity contribution in [3.63, 3.8) is 0 Å². The molecule has 2 N–H and O–H groups in total. The highest BCUT2D eigenvalue weighted by atomic mass is 16.6. The van der Waals surface area contributed by atoms with Crippen LogP contribution in [0.2, 0.25) is 0 Å². The van der Waals surface area contributed by atoms with Crippen molar-refractivity contribution in [3.8, 4) is 0 Å². The van der Waals surface area contributed by atoms with Crippen LogP contribution >= 0.6 is 0 Å². The molecule has 0 aliphatic carbocycles. The van der Waals surface area contributed by atoms with Crippen LogP contribution in [0.4, 0.5) is 22.9 Å². The van der Waals surface area contributed by atoms with Gasteiger partial charge in [-0.1, -0.05) is 24.3 Å². The Bertz CT molecular complexity index is 1040. The molecule has 8 nitrogen and oxygen atoms in total. The third-order valence-corrected chi connectivity index (χ3v) is 3.78. The number of aliphatic imine (C=N–C) groups is 1. The van der Waals surface area contributed by atoms with Gasteiger partial charge in [-0.25, -0.2) is 9.98 Å². The Morgan fingerprint density at radius 3 is 2.64 bits per heavy atom. The maximum absolute atomic E-state index is 12.4. The summed E-state index contributed by atoms with van der Waals surface area (Å²) in [6.07, 6.45) is 1.09. The first kappa shape index (κ1) is 14.8. The van der Waals surface area contributed by atoms with Crippen LogP contribution in [0.1, 0.15) is 0 Å². The Balaban J connectivity index is 1.62. The topological polar surface area (TPSA) is 110 Å². The number of benzene rings is 2. The summed E-state index contributed by atoms with van der Waals surface area (Å²) < 4.78 is 0. The van der Waals surface area contributed by atoms with Crippen molar-refractivity contribution in [2.24, 2.45) is 4.99 Å². The lowest BCUT2D eigenvalue weighted by atomic mass is 10.1. The second-order valence-electron chi connectivity index (χ2n) is 5.38. The van der Waals surface area contributed by atoms with Crippen LogP contribution in [0.25, 0.3) is 10.8 Å². The number of hydrogen-bond donors (Lipinski definition) is 2. The summed E-state index contributed by atoms with van der Waals surface area (Å²) in [6.45, 7) is 0. The molecule has 0 atom stereocenters. The largest absolute Gasteiger partial charge is 0.335 e. The van der Waals surface area contributed by atoms with Crippen LogP contribution in [0, 0.1) is 10.1 Å². The van der Waals surface area contributed by atoms with Crippen LogP contribution in [0.5, 0.6) is 0 Å². The summed E-state index contributed by atoms with van der Waals surface area (Å²) in [5, 5.41) is 18.2. The average Bonchev–Trinajstić information content (AvgIpc) is 2.62. The number of amides is 1. The van der Waals surface area contributed by atoms with Gasteiger partial charge in [0.25, 0.3) is 11.6 Å². The third kappa shape index (κ3) is 2.65. The summed E-state index contributed by atoms with van der Waals surface area (Å²) in [5.74, 6) is -0.142. The summed E-state index contributed by atoms with van der Waals surface area (Å²) >= 11 is 0. The molecule has 25 heavy (non-hydrogen) atoms. The van der Waals surface area contributed by atoms with Crippen LogP contribution in [0.3, 0.4) is 0 Å². The highest BCUT2D eigenvalue weighted by molar-refractivity contribution is 6.48. The Morgan fingerprint density at radius 2 is 1.92 bits per heavy atom. The Labute approximate surface area is 141 Å². The Kier molecular flexibility index (Phi) is 3.35. The second kappa shape index (κ2) is 5.68. The summed E-state index contributed by atoms with van der Waals surface area (Å²) in [5.41, 5.74) is 1.35. The molecule has 2 heterocycles. The van der Waals surface area contributed by atoms with Gasteiger partial charge in [0.15, 0.2) is 5.84 Å². The molecule has 2 aromatic carbocycles. The van der Waals surface area contributed by atoms with Crippen LogP contribution in [0.15, 0.2) is 59.7 Å². The summed E-state index contributed by atoms with van der Waals surface area (Å²) in [6, 6.07) is 14.1. The molecule has 0 unspecified atom stereocenters. The lowest BCUT2D eigenvalue weighted by molar-refractivity contribution is -0.385. The number of carbonyl (C=O) groups is 1. The second-order valence-corrected chi connectivity index (χ2v) is 5.38. The fourth-order valence-corrected chi connectivity index (χ4v) is 2.65. The molecule has 1 aliphatic rings. The van der Waals surface area contributed by atoms with E-state index in [1.54, 1.807) is 0 Å². The van der Waals surface area contributed by atoms with E-state index < -0.39 is 10.8 Å². The molecule has 4 rings (SSSR count). The molecule has 122 valence electrons. The maximum Gasteiger partial charge on any atom is 0.292 e. The van der Waals surface area contributed by atoms with E-state index in [4.69, 9.17) is 0 Å². The zero-order chi connectivity index (χ0) is 17.4. The van der Waals surface area contributed by atoms with E-state index in [2.05, 4.69) is 20.6 Å². The first-order chi connectivity index (χ1) is 12.1. The van der Waals surface area contributed by atoms with Crippen molar-refractivity contribution < 1.29 is 9.72 Å². The number of nitrogens with zero attached hydrogens (tertiary/aromatic N) is 3. The van der Waals surface area contributed by atoms with Crippen LogP contribution in [-0.4, -0.2) is 21.7 Å². The molecule has 1 aliphatic heterocycles. The molecule has 1 aromatic heterocycles. The molecule has 0 fully saturated rings. The molecule has 0 saturated heterocycles. The van der Waals surface area contributed by atoms with Gasteiger partial charge in [-0.05, 0) is 23.6 Å². The zero-order valence-electron chi connectivity index (χ0n) is 12.8. The van der Waals surface area contributed by atoms with Gasteiger partial charge in [-0.3, -0.25) is 14.9 Å². The van der Waals surface area contributed by atoms with Gasteiger partial charge in [0, 0.05) is 17.1 Å². The molecule has 0 bridgehead atoms. The van der Waals surface area contributed by atoms with Crippen LogP contribution in [-0.2, 0) is 4.79 Å². The summed E-state index contributed by atoms with van der Waals surface area (Å²) in [7, 11) is 0. The lowest BCUT2D eigenvalue weighted by Gasteiger charge is -2.18. The molecule has 8 heteroatoms. The van der Waals surface area contributed by atoms with Gasteiger partial charge in [0.05, 0.1) is 10.6 Å². The van der Waals surface area contributed by atoms with Crippen molar-refractivity contribution in [1.29, 1.82) is 0 Å². The lowest BCUT2D eigenvalue weighted by Crippen LogP contribution is -2.30. The number of hydrogen-bond acceptors (Lipinski definition) is 6. The highest BCUT2D eigenvalue weighted by Gasteiger charge is 2.20. The van der Waals surface area contributed by atoms with Crippen molar-refractivity contribution >= 4 is 45.4 Å². The standard InChI is InChI=1S/C17H11N5O3/c23-17(21-14-8-7-11(9-18-14)22(24)25)16-19-12-5-1-3-10-4-2-6-13(20-16)15(10)12/h1-9H,(H,19,20)(H,18,21,23). The van der Waals surface area contributed by atoms with E-state index in [0.29, 0.717) is 5.69 Å². The smallest absolute Gasteiger partial charge is 0.292 e. The summed E-state index contributed by atoms with van der Waals surface area (Å²) in [4.78, 5) is 30.7. The first-order valence-electron chi connectivity index (χ1n) is 7.41. The average molecular weight is 333 g/mol. The normalized spacial score (nSPS) is 12.2. The minimum atomic E-state index is -0.553. The van der Waals surface area contributed by atoms with Crippen molar-refractivity contribution in [2.45, 2.75) is 0 Å². The highest BCUT2D eigenvalue weighted by Crippen LogP contribution is 2.35. The minimum Gasteiger partial charge on any atom is -0.335 e. The molecule has 0 saturated carbocycles. The maximum atomic E-state index is 12.4. The fraction of sp³-hybridized carbons (Fsp3) is 0. The molecule has 3 aromatic rings. The number of anilines is 2. The number of nitrogens with one attached hydrogen (secondary N) is 2. The van der Waals surface area contributed by atoms with E-state index in [1.165, 1.54) is 12.1 Å². The molecule has 1 amide bonds. The first-order valence-corrected chi connectivity index (χ1v) is 7.41. The van der Waals surface area contributed by atoms with E-state index in [-0.39, 0.29) is 17.3 Å².